The van der Waals surface area contributed by atoms with Gasteiger partial charge in [-0.2, -0.15) is 0 Å². The van der Waals surface area contributed by atoms with Crippen LogP contribution in [0.3, 0.4) is 0 Å². The molecule has 0 aliphatic rings. The SMILES string of the molecule is Cc1noc(C)c1Cc1ccc(C(=O)NC(C)CCc2ccccc2)o1. The predicted octanol–water partition coefficient (Wildman–Crippen LogP) is 4.23. The summed E-state index contributed by atoms with van der Waals surface area (Å²) in [4.78, 5) is 12.4. The Labute approximate surface area is 153 Å². The lowest BCUT2D eigenvalue weighted by molar-refractivity contribution is 0.0909. The average Bonchev–Trinajstić information content (AvgIpc) is 3.23. The van der Waals surface area contributed by atoms with Gasteiger partial charge in [-0.15, -0.1) is 0 Å². The number of rotatable bonds is 7. The Balaban J connectivity index is 1.54. The molecule has 0 saturated carbocycles. The largest absolute Gasteiger partial charge is 0.456 e. The summed E-state index contributed by atoms with van der Waals surface area (Å²) in [5.74, 6) is 1.65. The van der Waals surface area contributed by atoms with E-state index in [1.54, 1.807) is 6.07 Å². The predicted molar refractivity (Wildman–Crippen MR) is 99.2 cm³/mol. The lowest BCUT2D eigenvalue weighted by Crippen LogP contribution is -2.32. The Kier molecular flexibility index (Phi) is 5.56. The van der Waals surface area contributed by atoms with E-state index in [-0.39, 0.29) is 11.9 Å². The summed E-state index contributed by atoms with van der Waals surface area (Å²) < 4.78 is 10.9. The summed E-state index contributed by atoms with van der Waals surface area (Å²) in [5, 5.41) is 6.94. The molecule has 1 atom stereocenters. The van der Waals surface area contributed by atoms with Crippen molar-refractivity contribution < 1.29 is 13.7 Å². The average molecular weight is 352 g/mol. The van der Waals surface area contributed by atoms with Gasteiger partial charge in [-0.3, -0.25) is 4.79 Å². The van der Waals surface area contributed by atoms with Crippen LogP contribution in [0.4, 0.5) is 0 Å². The van der Waals surface area contributed by atoms with Crippen molar-refractivity contribution in [1.29, 1.82) is 0 Å². The van der Waals surface area contributed by atoms with E-state index in [1.165, 1.54) is 5.56 Å². The van der Waals surface area contributed by atoms with Crippen LogP contribution in [0.15, 0.2) is 51.4 Å². The molecule has 0 fully saturated rings. The molecule has 1 amide bonds. The minimum absolute atomic E-state index is 0.0684. The van der Waals surface area contributed by atoms with Gasteiger partial charge >= 0.3 is 0 Å². The third kappa shape index (κ3) is 4.42. The van der Waals surface area contributed by atoms with Crippen LogP contribution >= 0.6 is 0 Å². The minimum atomic E-state index is -0.185. The highest BCUT2D eigenvalue weighted by molar-refractivity contribution is 5.91. The molecule has 0 saturated heterocycles. The Bertz CT molecular complexity index is 845. The highest BCUT2D eigenvalue weighted by atomic mass is 16.5. The van der Waals surface area contributed by atoms with Crippen molar-refractivity contribution in [3.8, 4) is 0 Å². The Morgan fingerprint density at radius 1 is 1.15 bits per heavy atom. The van der Waals surface area contributed by atoms with E-state index in [2.05, 4.69) is 22.6 Å². The van der Waals surface area contributed by atoms with E-state index < -0.39 is 0 Å². The molecular formula is C21H24N2O3. The minimum Gasteiger partial charge on any atom is -0.456 e. The second-order valence-electron chi connectivity index (χ2n) is 6.64. The van der Waals surface area contributed by atoms with Crippen molar-refractivity contribution in [3.63, 3.8) is 0 Å². The van der Waals surface area contributed by atoms with Crippen molar-refractivity contribution >= 4 is 5.91 Å². The zero-order valence-corrected chi connectivity index (χ0v) is 15.4. The van der Waals surface area contributed by atoms with Crippen molar-refractivity contribution in [2.24, 2.45) is 0 Å². The molecule has 1 aromatic carbocycles. The van der Waals surface area contributed by atoms with Crippen molar-refractivity contribution in [2.75, 3.05) is 0 Å². The summed E-state index contributed by atoms with van der Waals surface area (Å²) in [6.07, 6.45) is 2.37. The smallest absolute Gasteiger partial charge is 0.287 e. The number of carbonyl (C=O) groups excluding carboxylic acids is 1. The lowest BCUT2D eigenvalue weighted by atomic mass is 10.1. The molecule has 0 bridgehead atoms. The topological polar surface area (TPSA) is 68.3 Å². The van der Waals surface area contributed by atoms with Gasteiger partial charge in [-0.1, -0.05) is 35.5 Å². The number of benzene rings is 1. The van der Waals surface area contributed by atoms with Gasteiger partial charge in [0.05, 0.1) is 5.69 Å². The fourth-order valence-electron chi connectivity index (χ4n) is 2.92. The van der Waals surface area contributed by atoms with E-state index >= 15 is 0 Å². The molecule has 3 rings (SSSR count). The van der Waals surface area contributed by atoms with Crippen LogP contribution in [0, 0.1) is 13.8 Å². The van der Waals surface area contributed by atoms with E-state index in [0.29, 0.717) is 12.2 Å². The molecular weight excluding hydrogens is 328 g/mol. The van der Waals surface area contributed by atoms with Crippen LogP contribution in [0.25, 0.3) is 0 Å². The number of carbonyl (C=O) groups is 1. The number of nitrogens with zero attached hydrogens (tertiary/aromatic N) is 1. The zero-order chi connectivity index (χ0) is 18.5. The number of aromatic nitrogens is 1. The Hall–Kier alpha value is -2.82. The number of nitrogens with one attached hydrogen (secondary N) is 1. The number of aryl methyl sites for hydroxylation is 3. The van der Waals surface area contributed by atoms with Gasteiger partial charge in [0.25, 0.3) is 5.91 Å². The second-order valence-corrected chi connectivity index (χ2v) is 6.64. The molecule has 0 spiro atoms. The van der Waals surface area contributed by atoms with Crippen LogP contribution in [-0.2, 0) is 12.8 Å². The molecule has 0 aliphatic heterocycles. The third-order valence-electron chi connectivity index (χ3n) is 4.50. The zero-order valence-electron chi connectivity index (χ0n) is 15.4. The second kappa shape index (κ2) is 8.04. The van der Waals surface area contributed by atoms with Crippen molar-refractivity contribution in [3.05, 3.63) is 76.6 Å². The van der Waals surface area contributed by atoms with Gasteiger partial charge in [-0.05, 0) is 51.3 Å². The highest BCUT2D eigenvalue weighted by Crippen LogP contribution is 2.19. The Morgan fingerprint density at radius 2 is 1.92 bits per heavy atom. The molecule has 5 heteroatoms. The van der Waals surface area contributed by atoms with E-state index in [4.69, 9.17) is 8.94 Å². The Morgan fingerprint density at radius 3 is 2.62 bits per heavy atom. The number of furan rings is 1. The summed E-state index contributed by atoms with van der Waals surface area (Å²) in [7, 11) is 0. The number of amides is 1. The standard InChI is InChI=1S/C21H24N2O3/c1-14(9-10-17-7-5-4-6-8-17)22-21(24)20-12-11-18(25-20)13-19-15(2)23-26-16(19)3/h4-8,11-12,14H,9-10,13H2,1-3H3,(H,22,24). The first-order valence-corrected chi connectivity index (χ1v) is 8.88. The van der Waals surface area contributed by atoms with Crippen LogP contribution in [0.5, 0.6) is 0 Å². The molecule has 2 heterocycles. The summed E-state index contributed by atoms with van der Waals surface area (Å²) >= 11 is 0. The normalized spacial score (nSPS) is 12.1. The van der Waals surface area contributed by atoms with Crippen LogP contribution < -0.4 is 5.32 Å². The maximum absolute atomic E-state index is 12.4. The van der Waals surface area contributed by atoms with Crippen molar-refractivity contribution in [1.82, 2.24) is 10.5 Å². The molecule has 26 heavy (non-hydrogen) atoms. The fourth-order valence-corrected chi connectivity index (χ4v) is 2.92. The maximum Gasteiger partial charge on any atom is 0.287 e. The summed E-state index contributed by atoms with van der Waals surface area (Å²) in [6.45, 7) is 5.78. The monoisotopic (exact) mass is 352 g/mol. The first-order valence-electron chi connectivity index (χ1n) is 8.88. The molecule has 3 aromatic rings. The molecule has 5 nitrogen and oxygen atoms in total. The third-order valence-corrected chi connectivity index (χ3v) is 4.50. The van der Waals surface area contributed by atoms with Crippen LogP contribution in [0.2, 0.25) is 0 Å². The maximum atomic E-state index is 12.4. The quantitative estimate of drug-likeness (QED) is 0.691. The first kappa shape index (κ1) is 18.0. The molecule has 136 valence electrons. The molecule has 2 aromatic heterocycles. The fraction of sp³-hybridized carbons (Fsp3) is 0.333. The van der Waals surface area contributed by atoms with Gasteiger partial charge in [0, 0.05) is 18.0 Å². The first-order chi connectivity index (χ1) is 12.5. The molecule has 1 N–H and O–H groups in total. The van der Waals surface area contributed by atoms with Crippen molar-refractivity contribution in [2.45, 2.75) is 46.1 Å². The van der Waals surface area contributed by atoms with E-state index in [1.807, 2.05) is 45.0 Å². The van der Waals surface area contributed by atoms with Gasteiger partial charge in [0.2, 0.25) is 0 Å². The number of hydrogen-bond donors (Lipinski definition) is 1. The molecule has 0 aliphatic carbocycles. The molecule has 1 unspecified atom stereocenters. The van der Waals surface area contributed by atoms with Gasteiger partial charge in [0.1, 0.15) is 11.5 Å². The van der Waals surface area contributed by atoms with Crippen LogP contribution in [-0.4, -0.2) is 17.1 Å². The summed E-state index contributed by atoms with van der Waals surface area (Å²) in [5.41, 5.74) is 3.12. The van der Waals surface area contributed by atoms with E-state index in [9.17, 15) is 4.79 Å². The van der Waals surface area contributed by atoms with Gasteiger partial charge in [-0.25, -0.2) is 0 Å². The van der Waals surface area contributed by atoms with Crippen LogP contribution in [0.1, 0.15) is 52.2 Å². The number of hydrogen-bond acceptors (Lipinski definition) is 4. The highest BCUT2D eigenvalue weighted by Gasteiger charge is 2.16. The summed E-state index contributed by atoms with van der Waals surface area (Å²) in [6, 6.07) is 13.9. The lowest BCUT2D eigenvalue weighted by Gasteiger charge is -2.12. The molecule has 0 radical (unpaired) electrons. The van der Waals surface area contributed by atoms with Gasteiger partial charge < -0.3 is 14.3 Å². The van der Waals surface area contributed by atoms with E-state index in [0.717, 1.165) is 35.6 Å². The van der Waals surface area contributed by atoms with Gasteiger partial charge in [0.15, 0.2) is 5.76 Å².